The molecule has 1 N–H and O–H groups in total. The van der Waals surface area contributed by atoms with Crippen molar-refractivity contribution in [2.45, 2.75) is 16.5 Å². The highest BCUT2D eigenvalue weighted by molar-refractivity contribution is 7.99. The zero-order valence-electron chi connectivity index (χ0n) is 11.1. The fourth-order valence-corrected chi connectivity index (χ4v) is 3.68. The van der Waals surface area contributed by atoms with E-state index in [2.05, 4.69) is 14.7 Å². The SMILES string of the molecule is CNCc1c(Sc2ccc([N+](=O)[O-])cc2)nc2sccn12. The van der Waals surface area contributed by atoms with E-state index in [1.807, 2.05) is 18.6 Å². The van der Waals surface area contributed by atoms with Crippen molar-refractivity contribution in [1.82, 2.24) is 14.7 Å². The average Bonchev–Trinajstić information content (AvgIpc) is 3.03. The van der Waals surface area contributed by atoms with Crippen molar-refractivity contribution < 1.29 is 4.92 Å². The second-order valence-electron chi connectivity index (χ2n) is 4.30. The molecule has 0 unspecified atom stereocenters. The van der Waals surface area contributed by atoms with Crippen molar-refractivity contribution in [2.24, 2.45) is 0 Å². The summed E-state index contributed by atoms with van der Waals surface area (Å²) in [6.07, 6.45) is 2.00. The molecule has 0 aliphatic rings. The van der Waals surface area contributed by atoms with Gasteiger partial charge < -0.3 is 5.32 Å². The largest absolute Gasteiger partial charge is 0.314 e. The molecule has 0 spiro atoms. The van der Waals surface area contributed by atoms with E-state index < -0.39 is 4.92 Å². The molecule has 0 aliphatic carbocycles. The van der Waals surface area contributed by atoms with Crippen LogP contribution in [0.2, 0.25) is 0 Å². The van der Waals surface area contributed by atoms with Gasteiger partial charge in [-0.1, -0.05) is 11.8 Å². The van der Waals surface area contributed by atoms with Crippen LogP contribution in [0.5, 0.6) is 0 Å². The summed E-state index contributed by atoms with van der Waals surface area (Å²) in [5, 5.41) is 16.7. The van der Waals surface area contributed by atoms with Crippen LogP contribution in [0.25, 0.3) is 4.96 Å². The van der Waals surface area contributed by atoms with Crippen LogP contribution in [0.3, 0.4) is 0 Å². The first-order valence-corrected chi connectivity index (χ1v) is 7.90. The predicted octanol–water partition coefficient (Wildman–Crippen LogP) is 3.17. The number of fused-ring (bicyclic) bond motifs is 1. The molecular formula is C13H12N4O2S2. The van der Waals surface area contributed by atoms with E-state index >= 15 is 0 Å². The van der Waals surface area contributed by atoms with Crippen LogP contribution in [-0.2, 0) is 6.54 Å². The maximum absolute atomic E-state index is 10.7. The number of nitro groups is 1. The first-order chi connectivity index (χ1) is 10.2. The van der Waals surface area contributed by atoms with Gasteiger partial charge in [-0.15, -0.1) is 11.3 Å². The van der Waals surface area contributed by atoms with Gasteiger partial charge >= 0.3 is 0 Å². The number of thiazole rings is 1. The van der Waals surface area contributed by atoms with Crippen molar-refractivity contribution in [3.05, 3.63) is 51.7 Å². The third kappa shape index (κ3) is 2.78. The summed E-state index contributed by atoms with van der Waals surface area (Å²) in [6, 6.07) is 6.52. The lowest BCUT2D eigenvalue weighted by Crippen LogP contribution is -2.08. The molecule has 0 fully saturated rings. The molecule has 1 aromatic carbocycles. The highest BCUT2D eigenvalue weighted by atomic mass is 32.2. The summed E-state index contributed by atoms with van der Waals surface area (Å²) < 4.78 is 2.06. The summed E-state index contributed by atoms with van der Waals surface area (Å²) in [5.74, 6) is 0. The van der Waals surface area contributed by atoms with Crippen molar-refractivity contribution in [3.63, 3.8) is 0 Å². The highest BCUT2D eigenvalue weighted by Crippen LogP contribution is 2.32. The summed E-state index contributed by atoms with van der Waals surface area (Å²) in [6.45, 7) is 0.715. The third-order valence-electron chi connectivity index (χ3n) is 2.93. The van der Waals surface area contributed by atoms with E-state index in [9.17, 15) is 10.1 Å². The van der Waals surface area contributed by atoms with Gasteiger partial charge in [0, 0.05) is 35.1 Å². The summed E-state index contributed by atoms with van der Waals surface area (Å²) in [5.41, 5.74) is 1.19. The Balaban J connectivity index is 1.91. The van der Waals surface area contributed by atoms with Gasteiger partial charge in [-0.25, -0.2) is 4.98 Å². The quantitative estimate of drug-likeness (QED) is 0.577. The number of hydrogen-bond acceptors (Lipinski definition) is 6. The van der Waals surface area contributed by atoms with Crippen LogP contribution >= 0.6 is 23.1 Å². The lowest BCUT2D eigenvalue weighted by Gasteiger charge is -2.03. The third-order valence-corrected chi connectivity index (χ3v) is 4.72. The second-order valence-corrected chi connectivity index (χ2v) is 6.24. The van der Waals surface area contributed by atoms with E-state index in [0.29, 0.717) is 6.54 Å². The molecule has 0 aliphatic heterocycles. The normalized spacial score (nSPS) is 11.1. The fraction of sp³-hybridized carbons (Fsp3) is 0.154. The molecule has 21 heavy (non-hydrogen) atoms. The molecule has 0 amide bonds. The Hall–Kier alpha value is -1.90. The molecule has 0 saturated heterocycles. The molecule has 108 valence electrons. The van der Waals surface area contributed by atoms with Crippen molar-refractivity contribution in [2.75, 3.05) is 7.05 Å². The van der Waals surface area contributed by atoms with Crippen LogP contribution < -0.4 is 5.32 Å². The zero-order chi connectivity index (χ0) is 14.8. The maximum atomic E-state index is 10.7. The number of aromatic nitrogens is 2. The monoisotopic (exact) mass is 320 g/mol. The van der Waals surface area contributed by atoms with Gasteiger partial charge in [-0.05, 0) is 19.2 Å². The van der Waals surface area contributed by atoms with Gasteiger partial charge in [0.2, 0.25) is 0 Å². The van der Waals surface area contributed by atoms with Crippen molar-refractivity contribution in [1.29, 1.82) is 0 Å². The Labute approximate surface area is 129 Å². The van der Waals surface area contributed by atoms with Gasteiger partial charge in [0.1, 0.15) is 5.03 Å². The molecule has 0 radical (unpaired) electrons. The standard InChI is InChI=1S/C13H12N4O2S2/c1-14-8-11-12(15-13-16(11)6-7-20-13)21-10-4-2-9(3-5-10)17(18)19/h2-7,14H,8H2,1H3. The Morgan fingerprint density at radius 1 is 1.43 bits per heavy atom. The number of benzene rings is 1. The number of nitrogens with one attached hydrogen (secondary N) is 1. The van der Waals surface area contributed by atoms with Crippen LogP contribution in [0.1, 0.15) is 5.69 Å². The molecule has 3 rings (SSSR count). The van der Waals surface area contributed by atoms with E-state index in [1.165, 1.54) is 23.9 Å². The number of rotatable bonds is 5. The molecule has 2 heterocycles. The van der Waals surface area contributed by atoms with E-state index in [1.54, 1.807) is 23.5 Å². The van der Waals surface area contributed by atoms with Gasteiger partial charge in [0.15, 0.2) is 4.96 Å². The molecule has 2 aromatic heterocycles. The van der Waals surface area contributed by atoms with Gasteiger partial charge in [0.05, 0.1) is 10.6 Å². The maximum Gasteiger partial charge on any atom is 0.269 e. The molecule has 0 bridgehead atoms. The molecule has 0 saturated carbocycles. The first-order valence-electron chi connectivity index (χ1n) is 6.20. The second kappa shape index (κ2) is 5.84. The fourth-order valence-electron chi connectivity index (χ4n) is 1.97. The highest BCUT2D eigenvalue weighted by Gasteiger charge is 2.14. The Bertz CT molecular complexity index is 779. The topological polar surface area (TPSA) is 72.5 Å². The van der Waals surface area contributed by atoms with Gasteiger partial charge in [-0.2, -0.15) is 0 Å². The zero-order valence-corrected chi connectivity index (χ0v) is 12.8. The molecule has 8 heteroatoms. The minimum Gasteiger partial charge on any atom is -0.314 e. The van der Waals surface area contributed by atoms with Crippen LogP contribution in [0, 0.1) is 10.1 Å². The van der Waals surface area contributed by atoms with Crippen LogP contribution in [0.4, 0.5) is 5.69 Å². The van der Waals surface area contributed by atoms with E-state index in [4.69, 9.17) is 0 Å². The van der Waals surface area contributed by atoms with Crippen LogP contribution in [-0.4, -0.2) is 21.4 Å². The summed E-state index contributed by atoms with van der Waals surface area (Å²) in [7, 11) is 1.89. The van der Waals surface area contributed by atoms with Gasteiger partial charge in [-0.3, -0.25) is 14.5 Å². The minimum absolute atomic E-state index is 0.0978. The number of imidazole rings is 1. The van der Waals surface area contributed by atoms with E-state index in [-0.39, 0.29) is 5.69 Å². The Morgan fingerprint density at radius 3 is 2.86 bits per heavy atom. The van der Waals surface area contributed by atoms with Gasteiger partial charge in [0.25, 0.3) is 5.69 Å². The average molecular weight is 320 g/mol. The van der Waals surface area contributed by atoms with Crippen molar-refractivity contribution in [3.8, 4) is 0 Å². The first kappa shape index (κ1) is 14.1. The molecule has 0 atom stereocenters. The number of hydrogen-bond donors (Lipinski definition) is 1. The minimum atomic E-state index is -0.395. The lowest BCUT2D eigenvalue weighted by molar-refractivity contribution is -0.384. The summed E-state index contributed by atoms with van der Waals surface area (Å²) in [4.78, 5) is 16.8. The van der Waals surface area contributed by atoms with Crippen LogP contribution in [0.15, 0.2) is 45.8 Å². The predicted molar refractivity (Wildman–Crippen MR) is 83.1 cm³/mol. The smallest absolute Gasteiger partial charge is 0.269 e. The molecule has 3 aromatic rings. The Kier molecular flexibility index (Phi) is 3.91. The number of nitrogens with zero attached hydrogens (tertiary/aromatic N) is 3. The van der Waals surface area contributed by atoms with E-state index in [0.717, 1.165) is 20.6 Å². The van der Waals surface area contributed by atoms with Crippen molar-refractivity contribution >= 4 is 33.7 Å². The Morgan fingerprint density at radius 2 is 2.19 bits per heavy atom. The molecular weight excluding hydrogens is 308 g/mol. The molecule has 6 nitrogen and oxygen atoms in total. The number of non-ortho nitro benzene ring substituents is 1. The number of nitro benzene ring substituents is 1. The lowest BCUT2D eigenvalue weighted by atomic mass is 10.3. The summed E-state index contributed by atoms with van der Waals surface area (Å²) >= 11 is 3.10.